The van der Waals surface area contributed by atoms with Crippen molar-refractivity contribution < 1.29 is 9.63 Å². The molecular formula is C11H14N2O2S. The maximum atomic E-state index is 9.69. The minimum absolute atomic E-state index is 0.191. The van der Waals surface area contributed by atoms with Gasteiger partial charge in [0.05, 0.1) is 12.5 Å². The fourth-order valence-corrected chi connectivity index (χ4v) is 1.90. The molecule has 0 saturated heterocycles. The van der Waals surface area contributed by atoms with E-state index in [9.17, 15) is 5.11 Å². The summed E-state index contributed by atoms with van der Waals surface area (Å²) >= 11 is 1.59. The zero-order valence-electron chi connectivity index (χ0n) is 9.25. The molecule has 2 heterocycles. The van der Waals surface area contributed by atoms with E-state index in [1.54, 1.807) is 11.3 Å². The molecule has 1 N–H and O–H groups in total. The van der Waals surface area contributed by atoms with Crippen molar-refractivity contribution in [2.75, 3.05) is 0 Å². The van der Waals surface area contributed by atoms with E-state index >= 15 is 0 Å². The molecule has 0 radical (unpaired) electrons. The fourth-order valence-electron chi connectivity index (χ4n) is 1.26. The van der Waals surface area contributed by atoms with Gasteiger partial charge >= 0.3 is 0 Å². The second-order valence-electron chi connectivity index (χ2n) is 4.04. The summed E-state index contributed by atoms with van der Waals surface area (Å²) in [6, 6.07) is 1.94. The first-order valence-electron chi connectivity index (χ1n) is 5.20. The zero-order valence-corrected chi connectivity index (χ0v) is 10.1. The van der Waals surface area contributed by atoms with Gasteiger partial charge in [0.2, 0.25) is 11.7 Å². The number of aliphatic hydroxyl groups is 1. The van der Waals surface area contributed by atoms with E-state index in [0.717, 1.165) is 5.56 Å². The third-order valence-electron chi connectivity index (χ3n) is 2.40. The number of nitrogens with zero attached hydrogens (tertiary/aromatic N) is 2. The molecular weight excluding hydrogens is 224 g/mol. The van der Waals surface area contributed by atoms with Gasteiger partial charge in [0, 0.05) is 10.9 Å². The third kappa shape index (κ3) is 2.48. The van der Waals surface area contributed by atoms with Crippen molar-refractivity contribution in [3.63, 3.8) is 0 Å². The minimum atomic E-state index is -0.434. The Balaban J connectivity index is 2.08. The Kier molecular flexibility index (Phi) is 3.36. The Labute approximate surface area is 97.9 Å². The van der Waals surface area contributed by atoms with Crippen molar-refractivity contribution in [3.05, 3.63) is 22.7 Å². The summed E-state index contributed by atoms with van der Waals surface area (Å²) in [6.45, 7) is 3.92. The predicted octanol–water partition coefficient (Wildman–Crippen LogP) is 2.36. The highest BCUT2D eigenvalue weighted by atomic mass is 32.1. The topological polar surface area (TPSA) is 59.2 Å². The number of aliphatic hydroxyl groups excluding tert-OH is 1. The van der Waals surface area contributed by atoms with Crippen LogP contribution in [0.1, 0.15) is 19.7 Å². The van der Waals surface area contributed by atoms with E-state index in [1.807, 2.05) is 30.7 Å². The van der Waals surface area contributed by atoms with Crippen LogP contribution in [-0.2, 0) is 6.42 Å². The van der Waals surface area contributed by atoms with Gasteiger partial charge < -0.3 is 9.63 Å². The molecule has 86 valence electrons. The first kappa shape index (κ1) is 11.3. The molecule has 2 aromatic heterocycles. The summed E-state index contributed by atoms with van der Waals surface area (Å²) < 4.78 is 5.09. The molecule has 2 rings (SSSR count). The second-order valence-corrected chi connectivity index (χ2v) is 4.82. The molecule has 0 saturated carbocycles. The lowest BCUT2D eigenvalue weighted by molar-refractivity contribution is 0.116. The Morgan fingerprint density at radius 2 is 2.31 bits per heavy atom. The summed E-state index contributed by atoms with van der Waals surface area (Å²) in [7, 11) is 0. The number of rotatable bonds is 4. The maximum Gasteiger partial charge on any atom is 0.229 e. The van der Waals surface area contributed by atoms with Gasteiger partial charge in [0.15, 0.2) is 0 Å². The van der Waals surface area contributed by atoms with Gasteiger partial charge in [-0.15, -0.1) is 0 Å². The summed E-state index contributed by atoms with van der Waals surface area (Å²) in [5.74, 6) is 1.27. The SMILES string of the molecule is CC(C)C(O)Cc1nc(-c2ccsc2)no1. The molecule has 0 bridgehead atoms. The van der Waals surface area contributed by atoms with Crippen molar-refractivity contribution in [1.29, 1.82) is 0 Å². The van der Waals surface area contributed by atoms with Gasteiger partial charge in [-0.1, -0.05) is 19.0 Å². The molecule has 1 atom stereocenters. The summed E-state index contributed by atoms with van der Waals surface area (Å²) in [5.41, 5.74) is 0.957. The maximum absolute atomic E-state index is 9.69. The van der Waals surface area contributed by atoms with Gasteiger partial charge in [-0.25, -0.2) is 0 Å². The molecule has 1 unspecified atom stereocenters. The Bertz CT molecular complexity index is 437. The van der Waals surface area contributed by atoms with Crippen LogP contribution in [0.4, 0.5) is 0 Å². The molecule has 0 aliphatic rings. The van der Waals surface area contributed by atoms with Crippen molar-refractivity contribution in [2.24, 2.45) is 5.92 Å². The van der Waals surface area contributed by atoms with Crippen LogP contribution in [0.15, 0.2) is 21.3 Å². The molecule has 4 nitrogen and oxygen atoms in total. The highest BCUT2D eigenvalue weighted by Crippen LogP contribution is 2.19. The van der Waals surface area contributed by atoms with Crippen molar-refractivity contribution in [3.8, 4) is 11.4 Å². The van der Waals surface area contributed by atoms with Crippen molar-refractivity contribution >= 4 is 11.3 Å². The van der Waals surface area contributed by atoms with Gasteiger partial charge in [-0.2, -0.15) is 16.3 Å². The summed E-state index contributed by atoms with van der Waals surface area (Å²) in [5, 5.41) is 17.5. The lowest BCUT2D eigenvalue weighted by atomic mass is 10.0. The number of hydrogen-bond donors (Lipinski definition) is 1. The fraction of sp³-hybridized carbons (Fsp3) is 0.455. The highest BCUT2D eigenvalue weighted by Gasteiger charge is 2.15. The van der Waals surface area contributed by atoms with E-state index in [1.165, 1.54) is 0 Å². The smallest absolute Gasteiger partial charge is 0.229 e. The van der Waals surface area contributed by atoms with E-state index in [2.05, 4.69) is 10.1 Å². The minimum Gasteiger partial charge on any atom is -0.392 e. The molecule has 0 amide bonds. The molecule has 0 fully saturated rings. The monoisotopic (exact) mass is 238 g/mol. The van der Waals surface area contributed by atoms with Gasteiger partial charge in [0.1, 0.15) is 0 Å². The van der Waals surface area contributed by atoms with Crippen LogP contribution in [0, 0.1) is 5.92 Å². The van der Waals surface area contributed by atoms with E-state index in [0.29, 0.717) is 18.1 Å². The van der Waals surface area contributed by atoms with Crippen LogP contribution in [-0.4, -0.2) is 21.4 Å². The molecule has 0 aliphatic carbocycles. The normalized spacial score (nSPS) is 13.2. The largest absolute Gasteiger partial charge is 0.392 e. The number of hydrogen-bond acceptors (Lipinski definition) is 5. The molecule has 0 spiro atoms. The Morgan fingerprint density at radius 1 is 1.50 bits per heavy atom. The average Bonchev–Trinajstić information content (AvgIpc) is 2.85. The predicted molar refractivity (Wildman–Crippen MR) is 62.2 cm³/mol. The lowest BCUT2D eigenvalue weighted by Crippen LogP contribution is -2.17. The quantitative estimate of drug-likeness (QED) is 0.888. The average molecular weight is 238 g/mol. The van der Waals surface area contributed by atoms with Crippen LogP contribution in [0.3, 0.4) is 0 Å². The highest BCUT2D eigenvalue weighted by molar-refractivity contribution is 7.08. The van der Waals surface area contributed by atoms with Gasteiger partial charge in [0.25, 0.3) is 0 Å². The molecule has 0 aromatic carbocycles. The van der Waals surface area contributed by atoms with Crippen molar-refractivity contribution in [1.82, 2.24) is 10.1 Å². The van der Waals surface area contributed by atoms with Gasteiger partial charge in [-0.3, -0.25) is 0 Å². The first-order chi connectivity index (χ1) is 7.66. The summed E-state index contributed by atoms with van der Waals surface area (Å²) in [6.07, 6.45) is -0.0230. The molecule has 16 heavy (non-hydrogen) atoms. The number of thiophene rings is 1. The van der Waals surface area contributed by atoms with E-state index < -0.39 is 6.10 Å². The van der Waals surface area contributed by atoms with E-state index in [-0.39, 0.29) is 5.92 Å². The van der Waals surface area contributed by atoms with Crippen LogP contribution in [0.25, 0.3) is 11.4 Å². The number of aromatic nitrogens is 2. The molecule has 0 aliphatic heterocycles. The third-order valence-corrected chi connectivity index (χ3v) is 3.08. The standard InChI is InChI=1S/C11H14N2O2S/c1-7(2)9(14)5-10-12-11(13-15-10)8-3-4-16-6-8/h3-4,6-7,9,14H,5H2,1-2H3. The van der Waals surface area contributed by atoms with Crippen molar-refractivity contribution in [2.45, 2.75) is 26.4 Å². The lowest BCUT2D eigenvalue weighted by Gasteiger charge is -2.10. The van der Waals surface area contributed by atoms with Crippen LogP contribution >= 0.6 is 11.3 Å². The Hall–Kier alpha value is -1.20. The second kappa shape index (κ2) is 4.76. The first-order valence-corrected chi connectivity index (χ1v) is 6.14. The Morgan fingerprint density at radius 3 is 2.94 bits per heavy atom. The van der Waals surface area contributed by atoms with Crippen LogP contribution in [0.5, 0.6) is 0 Å². The summed E-state index contributed by atoms with van der Waals surface area (Å²) in [4.78, 5) is 4.24. The van der Waals surface area contributed by atoms with E-state index in [4.69, 9.17) is 4.52 Å². The van der Waals surface area contributed by atoms with Crippen LogP contribution < -0.4 is 0 Å². The van der Waals surface area contributed by atoms with Gasteiger partial charge in [-0.05, 0) is 17.4 Å². The zero-order chi connectivity index (χ0) is 11.5. The molecule has 5 heteroatoms. The molecule has 2 aromatic rings. The van der Waals surface area contributed by atoms with Crippen LogP contribution in [0.2, 0.25) is 0 Å².